The molecule has 0 bridgehead atoms. The van der Waals surface area contributed by atoms with E-state index in [1.54, 1.807) is 6.20 Å². The molecule has 3 aromatic rings. The summed E-state index contributed by atoms with van der Waals surface area (Å²) in [7, 11) is 0. The van der Waals surface area contributed by atoms with Crippen molar-refractivity contribution < 1.29 is 0 Å². The number of benzene rings is 1. The van der Waals surface area contributed by atoms with Crippen molar-refractivity contribution in [3.8, 4) is 0 Å². The Kier molecular flexibility index (Phi) is 4.64. The Morgan fingerprint density at radius 1 is 1.03 bits per heavy atom. The maximum absolute atomic E-state index is 12.9. The first-order valence-corrected chi connectivity index (χ1v) is 10.2. The van der Waals surface area contributed by atoms with Gasteiger partial charge >= 0.3 is 0 Å². The van der Waals surface area contributed by atoms with Crippen LogP contribution in [0.25, 0.3) is 0 Å². The van der Waals surface area contributed by atoms with Crippen LogP contribution in [0.15, 0.2) is 53.6 Å². The van der Waals surface area contributed by atoms with E-state index in [1.165, 1.54) is 22.4 Å². The quantitative estimate of drug-likeness (QED) is 0.689. The number of aryl methyl sites for hydroxylation is 1. The lowest BCUT2D eigenvalue weighted by Crippen LogP contribution is -2.37. The molecule has 0 fully saturated rings. The van der Waals surface area contributed by atoms with Gasteiger partial charge in [0.05, 0.1) is 5.56 Å². The molecule has 0 unspecified atom stereocenters. The molecular weight excluding hydrogens is 362 g/mol. The molecule has 0 saturated carbocycles. The second-order valence-corrected chi connectivity index (χ2v) is 7.96. The van der Waals surface area contributed by atoms with Crippen LogP contribution in [-0.4, -0.2) is 32.5 Å². The zero-order chi connectivity index (χ0) is 19.8. The summed E-state index contributed by atoms with van der Waals surface area (Å²) in [6.07, 6.45) is 4.57. The van der Waals surface area contributed by atoms with E-state index in [9.17, 15) is 4.79 Å². The number of nitrogens with zero attached hydrogens (tertiary/aromatic N) is 5. The molecule has 0 amide bonds. The molecule has 2 aromatic heterocycles. The lowest BCUT2D eigenvalue weighted by atomic mass is 10.1. The molecule has 6 heteroatoms. The van der Waals surface area contributed by atoms with E-state index >= 15 is 0 Å². The summed E-state index contributed by atoms with van der Waals surface area (Å²) >= 11 is 0. The van der Waals surface area contributed by atoms with Gasteiger partial charge in [-0.15, -0.1) is 0 Å². The van der Waals surface area contributed by atoms with Gasteiger partial charge in [-0.3, -0.25) is 14.7 Å². The first-order valence-electron chi connectivity index (χ1n) is 10.2. The van der Waals surface area contributed by atoms with Gasteiger partial charge in [-0.05, 0) is 29.7 Å². The Morgan fingerprint density at radius 2 is 1.93 bits per heavy atom. The molecule has 0 aliphatic carbocycles. The highest BCUT2D eigenvalue weighted by atomic mass is 16.1. The largest absolute Gasteiger partial charge is 0.336 e. The molecule has 0 saturated heterocycles. The van der Waals surface area contributed by atoms with Gasteiger partial charge in [-0.2, -0.15) is 4.98 Å². The summed E-state index contributed by atoms with van der Waals surface area (Å²) in [4.78, 5) is 26.2. The Labute approximate surface area is 170 Å². The average Bonchev–Trinajstić information content (AvgIpc) is 3.13. The van der Waals surface area contributed by atoms with Crippen molar-refractivity contribution in [2.24, 2.45) is 0 Å². The Hall–Kier alpha value is -2.99. The molecule has 5 rings (SSSR count). The number of hydrogen-bond donors (Lipinski definition) is 0. The highest BCUT2D eigenvalue weighted by Crippen LogP contribution is 2.27. The molecule has 1 aromatic carbocycles. The average molecular weight is 387 g/mol. The fraction of sp³-hybridized carbons (Fsp3) is 0.348. The minimum atomic E-state index is -0.0705. The van der Waals surface area contributed by atoms with Gasteiger partial charge in [0.15, 0.2) is 0 Å². The number of anilines is 1. The van der Waals surface area contributed by atoms with Crippen molar-refractivity contribution >= 4 is 5.95 Å². The van der Waals surface area contributed by atoms with Crippen LogP contribution in [0.2, 0.25) is 0 Å². The highest BCUT2D eigenvalue weighted by Gasteiger charge is 2.29. The molecule has 0 N–H and O–H groups in total. The number of aromatic nitrogens is 3. The van der Waals surface area contributed by atoms with Crippen LogP contribution >= 0.6 is 0 Å². The molecule has 6 nitrogen and oxygen atoms in total. The van der Waals surface area contributed by atoms with E-state index in [4.69, 9.17) is 0 Å². The van der Waals surface area contributed by atoms with Crippen LogP contribution in [0.5, 0.6) is 0 Å². The standard InChI is InChI=1S/C23H25N5O/c1-17-5-2-3-7-19(17)15-27-11-12-28-21-8-10-26(14-18-6-4-9-24-13-18)16-20(21)22(29)25-23(27)28/h2-7,9,13H,8,10-12,14-16H2,1H3. The van der Waals surface area contributed by atoms with Crippen LogP contribution in [-0.2, 0) is 32.6 Å². The fourth-order valence-corrected chi connectivity index (χ4v) is 4.46. The van der Waals surface area contributed by atoms with Gasteiger partial charge in [0, 0.05) is 63.8 Å². The van der Waals surface area contributed by atoms with Crippen molar-refractivity contribution in [2.75, 3.05) is 18.0 Å². The van der Waals surface area contributed by atoms with Crippen LogP contribution in [0.4, 0.5) is 5.95 Å². The minimum Gasteiger partial charge on any atom is -0.336 e. The summed E-state index contributed by atoms with van der Waals surface area (Å²) in [5.41, 5.74) is 5.71. The molecule has 2 aliphatic heterocycles. The van der Waals surface area contributed by atoms with Crippen LogP contribution in [0, 0.1) is 6.92 Å². The minimum absolute atomic E-state index is 0.0705. The smallest absolute Gasteiger partial charge is 0.279 e. The summed E-state index contributed by atoms with van der Waals surface area (Å²) in [5.74, 6) is 0.831. The molecular formula is C23H25N5O. The number of rotatable bonds is 4. The van der Waals surface area contributed by atoms with E-state index in [-0.39, 0.29) is 5.56 Å². The van der Waals surface area contributed by atoms with Crippen molar-refractivity contribution in [2.45, 2.75) is 39.5 Å². The van der Waals surface area contributed by atoms with E-state index < -0.39 is 0 Å². The topological polar surface area (TPSA) is 54.3 Å². The van der Waals surface area contributed by atoms with Crippen molar-refractivity contribution in [3.05, 3.63) is 87.1 Å². The fourth-order valence-electron chi connectivity index (χ4n) is 4.46. The molecule has 0 radical (unpaired) electrons. The normalized spacial score (nSPS) is 16.0. The SMILES string of the molecule is Cc1ccccc1CN1CCn2c1nc(=O)c1c2CCN(Cc2cccnc2)C1. The predicted octanol–water partition coefficient (Wildman–Crippen LogP) is 2.53. The number of fused-ring (bicyclic) bond motifs is 3. The predicted molar refractivity (Wildman–Crippen MR) is 113 cm³/mol. The third kappa shape index (κ3) is 3.44. The van der Waals surface area contributed by atoms with Crippen LogP contribution < -0.4 is 10.5 Å². The Bertz CT molecular complexity index is 1090. The second kappa shape index (κ2) is 7.44. The summed E-state index contributed by atoms with van der Waals surface area (Å²) < 4.78 is 2.27. The van der Waals surface area contributed by atoms with Crippen molar-refractivity contribution in [1.29, 1.82) is 0 Å². The van der Waals surface area contributed by atoms with Crippen molar-refractivity contribution in [1.82, 2.24) is 19.4 Å². The van der Waals surface area contributed by atoms with Crippen molar-refractivity contribution in [3.63, 3.8) is 0 Å². The maximum Gasteiger partial charge on any atom is 0.279 e. The first-order chi connectivity index (χ1) is 14.2. The highest BCUT2D eigenvalue weighted by molar-refractivity contribution is 5.42. The van der Waals surface area contributed by atoms with Gasteiger partial charge in [0.1, 0.15) is 0 Å². The van der Waals surface area contributed by atoms with E-state index in [2.05, 4.69) is 61.6 Å². The zero-order valence-electron chi connectivity index (χ0n) is 16.7. The number of hydrogen-bond acceptors (Lipinski definition) is 5. The Balaban J connectivity index is 1.40. The Morgan fingerprint density at radius 3 is 2.76 bits per heavy atom. The van der Waals surface area contributed by atoms with E-state index in [0.29, 0.717) is 6.54 Å². The second-order valence-electron chi connectivity index (χ2n) is 7.96. The lowest BCUT2D eigenvalue weighted by molar-refractivity contribution is 0.239. The number of pyridine rings is 1. The zero-order valence-corrected chi connectivity index (χ0v) is 16.7. The molecule has 0 atom stereocenters. The first kappa shape index (κ1) is 18.1. The van der Waals surface area contributed by atoms with Gasteiger partial charge in [0.2, 0.25) is 5.95 Å². The third-order valence-electron chi connectivity index (χ3n) is 6.05. The molecule has 4 heterocycles. The monoisotopic (exact) mass is 387 g/mol. The molecule has 29 heavy (non-hydrogen) atoms. The summed E-state index contributed by atoms with van der Waals surface area (Å²) in [6.45, 7) is 7.15. The summed E-state index contributed by atoms with van der Waals surface area (Å²) in [5, 5.41) is 0. The molecule has 2 aliphatic rings. The van der Waals surface area contributed by atoms with Gasteiger partial charge in [-0.1, -0.05) is 30.3 Å². The summed E-state index contributed by atoms with van der Waals surface area (Å²) in [6, 6.07) is 12.5. The van der Waals surface area contributed by atoms with E-state index in [0.717, 1.165) is 50.7 Å². The molecule has 0 spiro atoms. The van der Waals surface area contributed by atoms with E-state index in [1.807, 2.05) is 12.3 Å². The van der Waals surface area contributed by atoms with Crippen LogP contribution in [0.1, 0.15) is 27.9 Å². The van der Waals surface area contributed by atoms with Gasteiger partial charge in [0.25, 0.3) is 5.56 Å². The van der Waals surface area contributed by atoms with Gasteiger partial charge in [-0.25, -0.2) is 0 Å². The maximum atomic E-state index is 12.9. The van der Waals surface area contributed by atoms with Crippen LogP contribution in [0.3, 0.4) is 0 Å². The third-order valence-corrected chi connectivity index (χ3v) is 6.05. The van der Waals surface area contributed by atoms with Gasteiger partial charge < -0.3 is 9.47 Å². The lowest BCUT2D eigenvalue weighted by Gasteiger charge is -2.30. The molecule has 148 valence electrons.